The Morgan fingerprint density at radius 1 is 0.810 bits per heavy atom. The van der Waals surface area contributed by atoms with E-state index in [0.717, 1.165) is 0 Å². The third-order valence-corrected chi connectivity index (χ3v) is 13.1. The van der Waals surface area contributed by atoms with Gasteiger partial charge in [-0.25, -0.2) is 14.4 Å². The van der Waals surface area contributed by atoms with Crippen LogP contribution in [0.15, 0.2) is 83.4 Å². The van der Waals surface area contributed by atoms with Crippen molar-refractivity contribution in [3.63, 3.8) is 0 Å². The van der Waals surface area contributed by atoms with Crippen molar-refractivity contribution in [2.75, 3.05) is 13.6 Å². The average molecular weight is 891 g/mol. The van der Waals surface area contributed by atoms with Crippen molar-refractivity contribution in [1.82, 2.24) is 14.7 Å². The molecule has 1 N–H and O–H groups in total. The van der Waals surface area contributed by atoms with E-state index in [2.05, 4.69) is 0 Å². The Morgan fingerprint density at radius 3 is 1.76 bits per heavy atom. The first-order valence-electron chi connectivity index (χ1n) is 20.1. The minimum Gasteiger partial charge on any atom is -0.456 e. The van der Waals surface area contributed by atoms with Gasteiger partial charge in [0.1, 0.15) is 25.5 Å². The average Bonchev–Trinajstić information content (AvgIpc) is 3.78. The van der Waals surface area contributed by atoms with Gasteiger partial charge in [0.15, 0.2) is 0 Å². The second-order valence-corrected chi connectivity index (χ2v) is 17.1. The van der Waals surface area contributed by atoms with Crippen LogP contribution in [0.5, 0.6) is 0 Å². The molecule has 2 saturated heterocycles. The highest BCUT2D eigenvalue weighted by molar-refractivity contribution is 8.03. The summed E-state index contributed by atoms with van der Waals surface area (Å²) in [5.41, 5.74) is 1.29. The molecule has 3 aliphatic rings. The van der Waals surface area contributed by atoms with Gasteiger partial charge in [0.2, 0.25) is 5.91 Å². The van der Waals surface area contributed by atoms with Crippen LogP contribution in [0.1, 0.15) is 56.7 Å². The molecule has 7 atom stereocenters. The van der Waals surface area contributed by atoms with E-state index in [1.165, 1.54) is 101 Å². The summed E-state index contributed by atoms with van der Waals surface area (Å²) in [5.74, 6) is -2.35. The molecular weight excluding hydrogens is 845 g/mol. The number of fused-ring (bicyclic) bond motifs is 1. The Hall–Kier alpha value is -6.61. The van der Waals surface area contributed by atoms with Crippen molar-refractivity contribution in [3.8, 4) is 0 Å². The van der Waals surface area contributed by atoms with Crippen molar-refractivity contribution < 1.29 is 53.3 Å². The highest BCUT2D eigenvalue weighted by atomic mass is 32.2. The number of aliphatic hydroxyl groups is 1. The number of carbonyl (C=O) groups is 4. The van der Waals surface area contributed by atoms with E-state index in [0.29, 0.717) is 40.9 Å². The predicted octanol–water partition coefficient (Wildman–Crippen LogP) is 6.47. The lowest BCUT2D eigenvalue weighted by Crippen LogP contribution is -2.63. The van der Waals surface area contributed by atoms with Gasteiger partial charge >= 0.3 is 18.2 Å². The number of thioether (sulfide) groups is 1. The number of aliphatic hydroxyl groups excluding tert-OH is 1. The van der Waals surface area contributed by atoms with Gasteiger partial charge in [-0.2, -0.15) is 0 Å². The van der Waals surface area contributed by atoms with Crippen molar-refractivity contribution in [2.24, 2.45) is 11.8 Å². The van der Waals surface area contributed by atoms with Gasteiger partial charge in [-0.05, 0) is 86.2 Å². The van der Waals surface area contributed by atoms with E-state index in [-0.39, 0.29) is 66.3 Å². The predicted molar refractivity (Wildman–Crippen MR) is 224 cm³/mol. The number of esters is 1. The molecule has 1 unspecified atom stereocenters. The van der Waals surface area contributed by atoms with Gasteiger partial charge in [0.25, 0.3) is 17.1 Å². The molecule has 3 heterocycles. The molecule has 0 spiro atoms. The number of rotatable bonds is 17. The van der Waals surface area contributed by atoms with Crippen molar-refractivity contribution in [1.29, 1.82) is 0 Å². The van der Waals surface area contributed by atoms with Crippen LogP contribution in [-0.4, -0.2) is 102 Å². The fourth-order valence-corrected chi connectivity index (χ4v) is 9.51. The molecule has 20 nitrogen and oxygen atoms in total. The zero-order chi connectivity index (χ0) is 45.7. The zero-order valence-corrected chi connectivity index (χ0v) is 35.6. The Kier molecular flexibility index (Phi) is 14.3. The summed E-state index contributed by atoms with van der Waals surface area (Å²) >= 11 is 1.34. The highest BCUT2D eigenvalue weighted by Gasteiger charge is 2.60. The van der Waals surface area contributed by atoms with Crippen molar-refractivity contribution >= 4 is 52.9 Å². The fourth-order valence-electron chi connectivity index (χ4n) is 7.95. The smallest absolute Gasteiger partial charge is 0.410 e. The maximum Gasteiger partial charge on any atom is 0.410 e. The molecule has 0 radical (unpaired) electrons. The number of nitrogens with zero attached hydrogens (tertiary/aromatic N) is 6. The lowest BCUT2D eigenvalue weighted by Gasteiger charge is -2.46. The van der Waals surface area contributed by atoms with Gasteiger partial charge in [-0.3, -0.25) is 35.1 Å². The van der Waals surface area contributed by atoms with Gasteiger partial charge < -0.3 is 34.0 Å². The maximum atomic E-state index is 13.9. The number of nitro benzene ring substituents is 3. The van der Waals surface area contributed by atoms with E-state index in [1.807, 2.05) is 13.8 Å². The Bertz CT molecular complexity index is 2270. The van der Waals surface area contributed by atoms with Crippen LogP contribution in [0.25, 0.3) is 0 Å². The third-order valence-electron chi connectivity index (χ3n) is 11.6. The van der Waals surface area contributed by atoms with Crippen LogP contribution in [0.3, 0.4) is 0 Å². The monoisotopic (exact) mass is 890 g/mol. The van der Waals surface area contributed by atoms with E-state index in [4.69, 9.17) is 14.2 Å². The minimum absolute atomic E-state index is 0.0412. The number of carbonyl (C=O) groups excluding carboxylic acids is 4. The van der Waals surface area contributed by atoms with Crippen LogP contribution >= 0.6 is 11.8 Å². The molecule has 0 saturated carbocycles. The third kappa shape index (κ3) is 10.4. The molecule has 3 amide bonds. The van der Waals surface area contributed by atoms with Gasteiger partial charge in [0, 0.05) is 78.1 Å². The van der Waals surface area contributed by atoms with E-state index in [1.54, 1.807) is 11.9 Å². The first-order chi connectivity index (χ1) is 29.9. The first kappa shape index (κ1) is 45.9. The molecule has 3 aromatic rings. The van der Waals surface area contributed by atoms with Gasteiger partial charge in [-0.15, -0.1) is 11.8 Å². The molecule has 3 aromatic carbocycles. The Morgan fingerprint density at radius 2 is 1.29 bits per heavy atom. The summed E-state index contributed by atoms with van der Waals surface area (Å²) in [4.78, 5) is 90.7. The maximum absolute atomic E-state index is 13.9. The first-order valence-corrected chi connectivity index (χ1v) is 20.9. The summed E-state index contributed by atoms with van der Waals surface area (Å²) in [6.45, 7) is 4.88. The largest absolute Gasteiger partial charge is 0.456 e. The topological polar surface area (TPSA) is 255 Å². The van der Waals surface area contributed by atoms with Crippen LogP contribution in [0.2, 0.25) is 0 Å². The molecule has 6 rings (SSSR count). The Labute approximate surface area is 365 Å². The van der Waals surface area contributed by atoms with Crippen LogP contribution < -0.4 is 0 Å². The standard InChI is InChI=1S/C42H46N6O14S/c1-24(43(4)41(52)61-22-28-8-15-31(16-9-28)47(56)57)5-12-33-19-34(20-44(33)42(53)62-23-29-10-17-32(18-11-29)48(58)59)63-38-25(2)36-35(26(3)49)39(50)45(36)37(38)40(51)60-21-27-6-13-30(14-7-27)46(54)55/h6-11,13-18,24-26,33-36,49H,5,12,19-23H2,1-4H3/t24?,25-,26-,33-,34+,35-,36-/m1/s1. The molecular formula is C42H46N6O14S. The van der Waals surface area contributed by atoms with Crippen LogP contribution in [0.4, 0.5) is 26.7 Å². The second-order valence-electron chi connectivity index (χ2n) is 15.7. The number of hydrogen-bond donors (Lipinski definition) is 1. The molecule has 334 valence electrons. The number of non-ortho nitro benzene ring substituents is 3. The number of ether oxygens (including phenoxy) is 3. The van der Waals surface area contributed by atoms with Crippen molar-refractivity contribution in [3.05, 3.63) is 130 Å². The summed E-state index contributed by atoms with van der Waals surface area (Å²) in [7, 11) is 1.58. The summed E-state index contributed by atoms with van der Waals surface area (Å²) in [6.07, 6.45) is -0.977. The summed E-state index contributed by atoms with van der Waals surface area (Å²) < 4.78 is 16.8. The number of nitro groups is 3. The molecule has 21 heteroatoms. The normalized spacial score (nSPS) is 21.2. The van der Waals surface area contributed by atoms with Gasteiger partial charge in [0.05, 0.1) is 32.8 Å². The summed E-state index contributed by atoms with van der Waals surface area (Å²) in [6, 6.07) is 15.5. The lowest BCUT2D eigenvalue weighted by atomic mass is 9.79. The number of amides is 3. The van der Waals surface area contributed by atoms with E-state index >= 15 is 0 Å². The number of likely N-dealkylation sites (tertiary alicyclic amines) is 1. The van der Waals surface area contributed by atoms with Gasteiger partial charge in [-0.1, -0.05) is 6.92 Å². The fraction of sp³-hybridized carbons (Fsp3) is 0.429. The number of benzene rings is 3. The molecule has 3 aliphatic heterocycles. The molecule has 0 bridgehead atoms. The minimum atomic E-state index is -0.987. The van der Waals surface area contributed by atoms with E-state index < -0.39 is 62.9 Å². The quantitative estimate of drug-likeness (QED) is 0.0501. The SMILES string of the molecule is CC(CC[C@@H]1C[C@H](SC2=C(C(=O)OCc3ccc([N+](=O)[O-])cc3)N3C(=O)[C@H]([C@@H](C)O)[C@H]3[C@H]2C)CN1C(=O)OCc1ccc([N+](=O)[O-])cc1)N(C)C(=O)OCc1ccc([N+](=O)[O-])cc1. The second kappa shape index (κ2) is 19.6. The number of β-lactam (4-membered cyclic amide) rings is 1. The van der Waals surface area contributed by atoms with Crippen molar-refractivity contribution in [2.45, 2.75) is 89.3 Å². The molecule has 0 aliphatic carbocycles. The molecule has 2 fully saturated rings. The van der Waals surface area contributed by atoms with E-state index in [9.17, 15) is 54.6 Å². The Balaban J connectivity index is 1.17. The van der Waals surface area contributed by atoms with Crippen LogP contribution in [-0.2, 0) is 43.6 Å². The highest BCUT2D eigenvalue weighted by Crippen LogP contribution is 2.52. The number of hydrogen-bond acceptors (Lipinski definition) is 15. The molecule has 63 heavy (non-hydrogen) atoms. The molecule has 0 aromatic heterocycles. The summed E-state index contributed by atoms with van der Waals surface area (Å²) in [5, 5.41) is 43.5. The van der Waals surface area contributed by atoms with Crippen LogP contribution in [0, 0.1) is 42.2 Å². The lowest BCUT2D eigenvalue weighted by molar-refractivity contribution is -0.385. The zero-order valence-electron chi connectivity index (χ0n) is 34.8.